The van der Waals surface area contributed by atoms with Crippen LogP contribution in [0.25, 0.3) is 10.9 Å². The summed E-state index contributed by atoms with van der Waals surface area (Å²) < 4.78 is 0. The van der Waals surface area contributed by atoms with Crippen molar-refractivity contribution in [3.8, 4) is 0 Å². The number of aromatic nitrogens is 1. The predicted octanol–water partition coefficient (Wildman–Crippen LogP) is 5.01. The van der Waals surface area contributed by atoms with Crippen LogP contribution in [-0.4, -0.2) is 49.0 Å². The third kappa shape index (κ3) is 5.25. The predicted molar refractivity (Wildman–Crippen MR) is 131 cm³/mol. The number of thiophene rings is 1. The number of piperidine rings is 1. The zero-order valence-corrected chi connectivity index (χ0v) is 19.8. The number of hydrogen-bond donors (Lipinski definition) is 1. The number of benzene rings is 1. The summed E-state index contributed by atoms with van der Waals surface area (Å²) in [4.78, 5) is 24.6. The molecular formula is C25H32N4OS. The van der Waals surface area contributed by atoms with Crippen LogP contribution in [0, 0.1) is 13.8 Å². The normalized spacial score (nSPS) is 15.1. The van der Waals surface area contributed by atoms with Crippen molar-refractivity contribution in [1.82, 2.24) is 9.88 Å². The van der Waals surface area contributed by atoms with Gasteiger partial charge in [-0.25, -0.2) is 4.98 Å². The smallest absolute Gasteiger partial charge is 0.224 e. The van der Waals surface area contributed by atoms with Crippen molar-refractivity contribution in [2.45, 2.75) is 45.6 Å². The fourth-order valence-electron chi connectivity index (χ4n) is 4.31. The molecule has 1 aliphatic rings. The molecule has 6 heteroatoms. The van der Waals surface area contributed by atoms with Crippen LogP contribution in [0.3, 0.4) is 0 Å². The molecule has 3 heterocycles. The van der Waals surface area contributed by atoms with E-state index in [-0.39, 0.29) is 5.91 Å². The van der Waals surface area contributed by atoms with Crippen LogP contribution >= 0.6 is 11.3 Å². The number of rotatable bonds is 6. The first-order valence-electron chi connectivity index (χ1n) is 11.1. The molecule has 3 aromatic rings. The van der Waals surface area contributed by atoms with Crippen molar-refractivity contribution in [3.05, 3.63) is 51.7 Å². The standard InChI is InChI=1S/C25H32N4OS/c1-17-15-24(29-13-11-20(12-14-29)28(3)4)27-23-9-6-19(16-22(17)23)26-25(30)10-8-21-7-5-18(2)31-21/h5-7,9,15-16,20H,8,10-14H2,1-4H3,(H,26,30). The lowest BCUT2D eigenvalue weighted by atomic mass is 10.0. The maximum absolute atomic E-state index is 12.4. The summed E-state index contributed by atoms with van der Waals surface area (Å²) in [7, 11) is 4.33. The van der Waals surface area contributed by atoms with Gasteiger partial charge in [-0.05, 0) is 89.2 Å². The number of carbonyl (C=O) groups excluding carboxylic acids is 1. The zero-order chi connectivity index (χ0) is 22.0. The molecule has 164 valence electrons. The number of anilines is 2. The van der Waals surface area contributed by atoms with Gasteiger partial charge in [0.05, 0.1) is 5.52 Å². The Labute approximate surface area is 189 Å². The second-order valence-electron chi connectivity index (χ2n) is 8.77. The van der Waals surface area contributed by atoms with E-state index < -0.39 is 0 Å². The topological polar surface area (TPSA) is 48.5 Å². The monoisotopic (exact) mass is 436 g/mol. The molecule has 1 N–H and O–H groups in total. The van der Waals surface area contributed by atoms with Gasteiger partial charge in [-0.1, -0.05) is 0 Å². The highest BCUT2D eigenvalue weighted by Crippen LogP contribution is 2.27. The highest BCUT2D eigenvalue weighted by Gasteiger charge is 2.22. The van der Waals surface area contributed by atoms with Gasteiger partial charge < -0.3 is 15.1 Å². The zero-order valence-electron chi connectivity index (χ0n) is 18.9. The van der Waals surface area contributed by atoms with Gasteiger partial charge in [-0.3, -0.25) is 4.79 Å². The van der Waals surface area contributed by atoms with Gasteiger partial charge in [0.25, 0.3) is 0 Å². The van der Waals surface area contributed by atoms with E-state index in [1.807, 2.05) is 18.2 Å². The molecule has 0 aliphatic carbocycles. The van der Waals surface area contributed by atoms with E-state index in [2.05, 4.69) is 61.3 Å². The lowest BCUT2D eigenvalue weighted by molar-refractivity contribution is -0.116. The average molecular weight is 437 g/mol. The Bertz CT molecular complexity index is 1070. The van der Waals surface area contributed by atoms with Crippen LogP contribution in [0.5, 0.6) is 0 Å². The summed E-state index contributed by atoms with van der Waals surface area (Å²) in [5.74, 6) is 1.11. The van der Waals surface area contributed by atoms with Crippen molar-refractivity contribution in [2.75, 3.05) is 37.4 Å². The van der Waals surface area contributed by atoms with E-state index in [1.54, 1.807) is 11.3 Å². The number of nitrogens with one attached hydrogen (secondary N) is 1. The molecule has 0 saturated carbocycles. The number of carbonyl (C=O) groups is 1. The number of pyridine rings is 1. The summed E-state index contributed by atoms with van der Waals surface area (Å²) in [6, 6.07) is 13.1. The Morgan fingerprint density at radius 1 is 1.16 bits per heavy atom. The highest BCUT2D eigenvalue weighted by molar-refractivity contribution is 7.11. The van der Waals surface area contributed by atoms with Gasteiger partial charge >= 0.3 is 0 Å². The molecule has 0 bridgehead atoms. The van der Waals surface area contributed by atoms with Gasteiger partial charge in [0.1, 0.15) is 5.82 Å². The molecule has 0 spiro atoms. The van der Waals surface area contributed by atoms with Crippen molar-refractivity contribution < 1.29 is 4.79 Å². The van der Waals surface area contributed by atoms with Gasteiger partial charge in [0.2, 0.25) is 5.91 Å². The van der Waals surface area contributed by atoms with Gasteiger partial charge in [-0.2, -0.15) is 0 Å². The molecule has 1 fully saturated rings. The quantitative estimate of drug-likeness (QED) is 0.590. The minimum atomic E-state index is 0.0522. The molecule has 1 amide bonds. The van der Waals surface area contributed by atoms with Crippen LogP contribution in [0.4, 0.5) is 11.5 Å². The summed E-state index contributed by atoms with van der Waals surface area (Å²) in [5.41, 5.74) is 3.01. The van der Waals surface area contributed by atoms with Gasteiger partial charge in [0.15, 0.2) is 0 Å². The SMILES string of the molecule is Cc1ccc(CCC(=O)Nc2ccc3nc(N4CCC(N(C)C)CC4)cc(C)c3c2)s1. The molecule has 0 atom stereocenters. The number of fused-ring (bicyclic) bond motifs is 1. The van der Waals surface area contributed by atoms with E-state index in [9.17, 15) is 4.79 Å². The second-order valence-corrected chi connectivity index (χ2v) is 10.1. The first-order chi connectivity index (χ1) is 14.9. The third-order valence-electron chi connectivity index (χ3n) is 6.20. The number of hydrogen-bond acceptors (Lipinski definition) is 5. The van der Waals surface area contributed by atoms with E-state index in [0.717, 1.165) is 41.9 Å². The summed E-state index contributed by atoms with van der Waals surface area (Å²) in [6.07, 6.45) is 3.62. The molecule has 0 unspecified atom stereocenters. The largest absolute Gasteiger partial charge is 0.356 e. The second kappa shape index (κ2) is 9.37. The van der Waals surface area contributed by atoms with E-state index in [0.29, 0.717) is 12.5 Å². The van der Waals surface area contributed by atoms with Crippen LogP contribution in [0.2, 0.25) is 0 Å². The van der Waals surface area contributed by atoms with Crippen molar-refractivity contribution in [1.29, 1.82) is 0 Å². The minimum Gasteiger partial charge on any atom is -0.356 e. The average Bonchev–Trinajstić information content (AvgIpc) is 3.18. The molecule has 31 heavy (non-hydrogen) atoms. The first-order valence-corrected chi connectivity index (χ1v) is 11.9. The van der Waals surface area contributed by atoms with E-state index in [4.69, 9.17) is 4.98 Å². The Balaban J connectivity index is 1.42. The summed E-state index contributed by atoms with van der Waals surface area (Å²) >= 11 is 1.76. The van der Waals surface area contributed by atoms with Gasteiger partial charge in [0, 0.05) is 46.4 Å². The molecule has 1 saturated heterocycles. The summed E-state index contributed by atoms with van der Waals surface area (Å²) in [6.45, 7) is 6.30. The number of amides is 1. The lowest BCUT2D eigenvalue weighted by Crippen LogP contribution is -2.42. The molecule has 1 aliphatic heterocycles. The molecule has 1 aromatic carbocycles. The van der Waals surface area contributed by atoms with Crippen molar-refractivity contribution in [2.24, 2.45) is 0 Å². The minimum absolute atomic E-state index is 0.0522. The maximum Gasteiger partial charge on any atom is 0.224 e. The first kappa shape index (κ1) is 21.8. The molecule has 4 rings (SSSR count). The fraction of sp³-hybridized carbons (Fsp3) is 0.440. The van der Waals surface area contributed by atoms with Crippen LogP contribution in [-0.2, 0) is 11.2 Å². The summed E-state index contributed by atoms with van der Waals surface area (Å²) in [5, 5.41) is 4.15. The fourth-order valence-corrected chi connectivity index (χ4v) is 5.20. The van der Waals surface area contributed by atoms with Crippen molar-refractivity contribution >= 4 is 39.7 Å². The molecule has 0 radical (unpaired) electrons. The maximum atomic E-state index is 12.4. The van der Waals surface area contributed by atoms with E-state index in [1.165, 1.54) is 28.2 Å². The molecular weight excluding hydrogens is 404 g/mol. The Morgan fingerprint density at radius 2 is 1.94 bits per heavy atom. The van der Waals surface area contributed by atoms with Crippen LogP contribution in [0.1, 0.15) is 34.6 Å². The molecule has 2 aromatic heterocycles. The Kier molecular flexibility index (Phi) is 6.58. The van der Waals surface area contributed by atoms with Crippen molar-refractivity contribution in [3.63, 3.8) is 0 Å². The highest BCUT2D eigenvalue weighted by atomic mass is 32.1. The Hall–Kier alpha value is -2.44. The lowest BCUT2D eigenvalue weighted by Gasteiger charge is -2.36. The van der Waals surface area contributed by atoms with Gasteiger partial charge in [-0.15, -0.1) is 11.3 Å². The van der Waals surface area contributed by atoms with E-state index >= 15 is 0 Å². The third-order valence-corrected chi connectivity index (χ3v) is 7.26. The number of nitrogens with zero attached hydrogens (tertiary/aromatic N) is 3. The Morgan fingerprint density at radius 3 is 2.61 bits per heavy atom. The number of aryl methyl sites for hydroxylation is 3. The molecule has 5 nitrogen and oxygen atoms in total. The van der Waals surface area contributed by atoms with Crippen LogP contribution < -0.4 is 10.2 Å². The van der Waals surface area contributed by atoms with Crippen LogP contribution in [0.15, 0.2) is 36.4 Å².